The SMILES string of the molecule is CC.CC.N=CN.NC=NC(N)=S. The first-order chi connectivity index (χ1) is 6.18. The van der Waals surface area contributed by atoms with Crippen LogP contribution in [0.15, 0.2) is 4.99 Å². The van der Waals surface area contributed by atoms with Crippen molar-refractivity contribution >= 4 is 30.0 Å². The van der Waals surface area contributed by atoms with Crippen LogP contribution in [0.3, 0.4) is 0 Å². The molecule has 0 saturated carbocycles. The summed E-state index contributed by atoms with van der Waals surface area (Å²) >= 11 is 4.29. The number of aliphatic imine (C=N–C) groups is 1. The van der Waals surface area contributed by atoms with Crippen LogP contribution >= 0.6 is 12.2 Å². The molecule has 13 heavy (non-hydrogen) atoms. The molecule has 0 aromatic rings. The molecule has 0 aromatic carbocycles. The third-order valence-electron chi connectivity index (χ3n) is 0.202. The van der Waals surface area contributed by atoms with Gasteiger partial charge in [0.1, 0.15) is 0 Å². The quantitative estimate of drug-likeness (QED) is 0.267. The van der Waals surface area contributed by atoms with Gasteiger partial charge in [-0.25, -0.2) is 4.99 Å². The molecule has 0 radical (unpaired) electrons. The van der Waals surface area contributed by atoms with Crippen molar-refractivity contribution in [2.24, 2.45) is 22.2 Å². The lowest BCUT2D eigenvalue weighted by Crippen LogP contribution is -2.05. The summed E-state index contributed by atoms with van der Waals surface area (Å²) in [5, 5.41) is 5.93. The Balaban J connectivity index is -0.0000000493. The fraction of sp³-hybridized carbons (Fsp3) is 0.571. The first-order valence-corrected chi connectivity index (χ1v) is 4.34. The number of nitrogens with two attached hydrogens (primary N) is 3. The normalized spacial score (nSPS) is 6.15. The Morgan fingerprint density at radius 2 is 1.46 bits per heavy atom. The fourth-order valence-corrected chi connectivity index (χ4v) is 0.134. The molecular formula is C7H21N5S. The maximum atomic E-state index is 5.86. The van der Waals surface area contributed by atoms with Crippen LogP contribution < -0.4 is 17.2 Å². The number of nitrogens with zero attached hydrogens (tertiary/aromatic N) is 1. The van der Waals surface area contributed by atoms with Crippen LogP contribution in [0.1, 0.15) is 27.7 Å². The van der Waals surface area contributed by atoms with E-state index in [1.165, 1.54) is 0 Å². The van der Waals surface area contributed by atoms with Gasteiger partial charge in [-0.3, -0.25) is 5.41 Å². The zero-order chi connectivity index (χ0) is 11.7. The number of rotatable bonds is 0. The van der Waals surface area contributed by atoms with E-state index in [9.17, 15) is 0 Å². The average molecular weight is 207 g/mol. The van der Waals surface area contributed by atoms with Crippen LogP contribution in [0.2, 0.25) is 0 Å². The molecule has 0 fully saturated rings. The van der Waals surface area contributed by atoms with Crippen molar-refractivity contribution in [3.63, 3.8) is 0 Å². The summed E-state index contributed by atoms with van der Waals surface area (Å²) in [5.74, 6) is 0. The Morgan fingerprint density at radius 1 is 1.23 bits per heavy atom. The van der Waals surface area contributed by atoms with E-state index in [0.717, 1.165) is 12.7 Å². The standard InChI is InChI=1S/C2H5N3S.2C2H6.CH4N2/c3-1-5-2(4)6;2*1-2;2-1-3/h1H,(H4,3,4,5,6);2*1-2H3;1H,(H3,2,3). The second-order valence-corrected chi connectivity index (χ2v) is 1.20. The Kier molecular flexibility index (Phi) is 78.1. The highest BCUT2D eigenvalue weighted by Crippen LogP contribution is 1.59. The molecule has 5 nitrogen and oxygen atoms in total. The lowest BCUT2D eigenvalue weighted by atomic mass is 11.0. The van der Waals surface area contributed by atoms with E-state index >= 15 is 0 Å². The second kappa shape index (κ2) is 44.9. The van der Waals surface area contributed by atoms with Crippen molar-refractivity contribution in [2.75, 3.05) is 0 Å². The van der Waals surface area contributed by atoms with Crippen LogP contribution in [0.5, 0.6) is 0 Å². The van der Waals surface area contributed by atoms with Crippen LogP contribution in [-0.4, -0.2) is 17.8 Å². The van der Waals surface area contributed by atoms with E-state index in [-0.39, 0.29) is 5.11 Å². The molecule has 7 N–H and O–H groups in total. The van der Waals surface area contributed by atoms with Gasteiger partial charge in [-0.1, -0.05) is 27.7 Å². The zero-order valence-electron chi connectivity index (χ0n) is 8.74. The second-order valence-electron chi connectivity index (χ2n) is 0.783. The molecule has 0 amide bonds. The topological polar surface area (TPSA) is 114 Å². The largest absolute Gasteiger partial charge is 0.390 e. The first kappa shape index (κ1) is 22.6. The van der Waals surface area contributed by atoms with Gasteiger partial charge in [0, 0.05) is 0 Å². The predicted molar refractivity (Wildman–Crippen MR) is 65.1 cm³/mol. The minimum Gasteiger partial charge on any atom is -0.390 e. The number of hydrogen-bond acceptors (Lipinski definition) is 2. The monoisotopic (exact) mass is 207 g/mol. The summed E-state index contributed by atoms with van der Waals surface area (Å²) in [6.45, 7) is 8.00. The highest BCUT2D eigenvalue weighted by atomic mass is 32.1. The summed E-state index contributed by atoms with van der Waals surface area (Å²) < 4.78 is 0. The molecule has 0 aliphatic carbocycles. The van der Waals surface area contributed by atoms with Gasteiger partial charge < -0.3 is 17.2 Å². The minimum atomic E-state index is 0.0671. The van der Waals surface area contributed by atoms with Gasteiger partial charge in [0.25, 0.3) is 0 Å². The van der Waals surface area contributed by atoms with Gasteiger partial charge >= 0.3 is 0 Å². The van der Waals surface area contributed by atoms with E-state index in [0.29, 0.717) is 0 Å². The molecule has 0 aliphatic heterocycles. The van der Waals surface area contributed by atoms with Gasteiger partial charge in [-0.2, -0.15) is 0 Å². The molecule has 0 aromatic heterocycles. The lowest BCUT2D eigenvalue weighted by Gasteiger charge is -1.75. The van der Waals surface area contributed by atoms with Gasteiger partial charge in [-0.15, -0.1) is 0 Å². The van der Waals surface area contributed by atoms with Gasteiger partial charge in [0.05, 0.1) is 12.7 Å². The van der Waals surface area contributed by atoms with Crippen molar-refractivity contribution in [1.29, 1.82) is 5.41 Å². The molecule has 0 heterocycles. The zero-order valence-corrected chi connectivity index (χ0v) is 9.56. The van der Waals surface area contributed by atoms with E-state index in [4.69, 9.17) is 16.9 Å². The van der Waals surface area contributed by atoms with Gasteiger partial charge in [0.2, 0.25) is 0 Å². The Labute approximate surface area is 85.9 Å². The summed E-state index contributed by atoms with van der Waals surface area (Å²) in [6.07, 6.45) is 1.81. The van der Waals surface area contributed by atoms with Gasteiger partial charge in [-0.05, 0) is 12.2 Å². The number of thiocarbonyl (C=S) groups is 1. The Bertz CT molecular complexity index is 113. The van der Waals surface area contributed by atoms with Gasteiger partial charge in [0.15, 0.2) is 5.11 Å². The fourth-order valence-electron chi connectivity index (χ4n) is 0.0735. The summed E-state index contributed by atoms with van der Waals surface area (Å²) in [5.41, 5.74) is 14.0. The molecule has 0 spiro atoms. The van der Waals surface area contributed by atoms with Crippen molar-refractivity contribution in [2.45, 2.75) is 27.7 Å². The highest BCUT2D eigenvalue weighted by molar-refractivity contribution is 7.80. The highest BCUT2D eigenvalue weighted by Gasteiger charge is 1.67. The molecule has 6 heteroatoms. The average Bonchev–Trinajstić information content (AvgIpc) is 2.12. The Hall–Kier alpha value is -1.17. The predicted octanol–water partition coefficient (Wildman–Crippen LogP) is 0.822. The van der Waals surface area contributed by atoms with Crippen LogP contribution in [0.25, 0.3) is 0 Å². The summed E-state index contributed by atoms with van der Waals surface area (Å²) in [4.78, 5) is 3.29. The molecule has 0 atom stereocenters. The third kappa shape index (κ3) is 252. The first-order valence-electron chi connectivity index (χ1n) is 3.93. The minimum absolute atomic E-state index is 0.0671. The molecule has 0 saturated heterocycles. The number of hydrogen-bond donors (Lipinski definition) is 4. The van der Waals surface area contributed by atoms with Crippen LogP contribution in [0.4, 0.5) is 0 Å². The van der Waals surface area contributed by atoms with Crippen LogP contribution in [-0.2, 0) is 0 Å². The molecule has 0 unspecified atom stereocenters. The van der Waals surface area contributed by atoms with E-state index in [1.54, 1.807) is 0 Å². The van der Waals surface area contributed by atoms with Crippen molar-refractivity contribution in [3.8, 4) is 0 Å². The van der Waals surface area contributed by atoms with E-state index < -0.39 is 0 Å². The molecular weight excluding hydrogens is 186 g/mol. The van der Waals surface area contributed by atoms with Crippen LogP contribution in [0, 0.1) is 5.41 Å². The van der Waals surface area contributed by atoms with Crippen molar-refractivity contribution in [1.82, 2.24) is 0 Å². The molecule has 0 rings (SSSR count). The smallest absolute Gasteiger partial charge is 0.191 e. The maximum Gasteiger partial charge on any atom is 0.191 e. The summed E-state index contributed by atoms with van der Waals surface area (Å²) in [7, 11) is 0. The Morgan fingerprint density at radius 3 is 1.46 bits per heavy atom. The maximum absolute atomic E-state index is 5.86. The number of nitrogens with one attached hydrogen (secondary N) is 1. The molecule has 80 valence electrons. The van der Waals surface area contributed by atoms with E-state index in [1.807, 2.05) is 27.7 Å². The van der Waals surface area contributed by atoms with Crippen molar-refractivity contribution in [3.05, 3.63) is 0 Å². The molecule has 0 aliphatic rings. The van der Waals surface area contributed by atoms with Crippen molar-refractivity contribution < 1.29 is 0 Å². The third-order valence-corrected chi connectivity index (χ3v) is 0.307. The summed E-state index contributed by atoms with van der Waals surface area (Å²) in [6, 6.07) is 0. The molecule has 0 bridgehead atoms. The lowest BCUT2D eigenvalue weighted by molar-refractivity contribution is 1.50. The van der Waals surface area contributed by atoms with E-state index in [2.05, 4.69) is 22.9 Å².